The molecule has 0 heterocycles. The summed E-state index contributed by atoms with van der Waals surface area (Å²) in [5.74, 6) is 0.315. The topological polar surface area (TPSA) is 68.3 Å². The molecule has 0 unspecified atom stereocenters. The van der Waals surface area contributed by atoms with Crippen LogP contribution in [0.1, 0.15) is 31.9 Å². The van der Waals surface area contributed by atoms with Gasteiger partial charge in [0.15, 0.2) is 0 Å². The van der Waals surface area contributed by atoms with Crippen molar-refractivity contribution in [2.24, 2.45) is 0 Å². The van der Waals surface area contributed by atoms with E-state index >= 15 is 0 Å². The van der Waals surface area contributed by atoms with Crippen LogP contribution in [0.2, 0.25) is 5.02 Å². The molecule has 2 aromatic carbocycles. The number of nitrogens with zero attached hydrogens (tertiary/aromatic N) is 2. The Hall–Kier alpha value is -2.77. The predicted molar refractivity (Wildman–Crippen MR) is 123 cm³/mol. The zero-order chi connectivity index (χ0) is 23.9. The average Bonchev–Trinajstić information content (AvgIpc) is 2.74. The first-order valence-electron chi connectivity index (χ1n) is 10.2. The number of halogens is 1. The molecular weight excluding hydrogens is 432 g/mol. The molecule has 0 spiro atoms. The number of carbonyl (C=O) groups is 2. The fourth-order valence-electron chi connectivity index (χ4n) is 3.07. The fraction of sp³-hybridized carbons (Fsp3) is 0.417. The molecule has 0 aliphatic heterocycles. The number of amides is 2. The molecule has 0 saturated heterocycles. The smallest absolute Gasteiger partial charge is 0.411 e. The predicted octanol–water partition coefficient (Wildman–Crippen LogP) is 4.72. The minimum atomic E-state index is -0.879. The van der Waals surface area contributed by atoms with E-state index in [1.807, 2.05) is 18.2 Å². The number of hydroxylamine groups is 2. The Morgan fingerprint density at radius 3 is 2.22 bits per heavy atom. The quantitative estimate of drug-likeness (QED) is 0.531. The standard InChI is InChI=1S/C24H31ClN2O5/c1-24(2,3)32-23(29)27(16-17-10-12-20(30-5)13-11-17)21(22(28)26(4)31-6)15-18-8-7-9-19(25)14-18/h7-14,21H,15-16H2,1-6H3/t21-/m0/s1. The van der Waals surface area contributed by atoms with Gasteiger partial charge in [-0.15, -0.1) is 0 Å². The number of carbonyl (C=O) groups excluding carboxylic acids is 2. The summed E-state index contributed by atoms with van der Waals surface area (Å²) >= 11 is 6.15. The van der Waals surface area contributed by atoms with Crippen LogP contribution in [-0.4, -0.2) is 54.9 Å². The zero-order valence-corrected chi connectivity index (χ0v) is 20.2. The Morgan fingerprint density at radius 2 is 1.69 bits per heavy atom. The Kier molecular flexibility index (Phi) is 8.92. The number of hydrogen-bond acceptors (Lipinski definition) is 5. The third kappa shape index (κ3) is 7.43. The highest BCUT2D eigenvalue weighted by Crippen LogP contribution is 2.22. The number of ether oxygens (including phenoxy) is 2. The van der Waals surface area contributed by atoms with Crippen LogP contribution in [-0.2, 0) is 27.3 Å². The first-order valence-corrected chi connectivity index (χ1v) is 10.6. The fourth-order valence-corrected chi connectivity index (χ4v) is 3.28. The van der Waals surface area contributed by atoms with E-state index in [2.05, 4.69) is 0 Å². The summed E-state index contributed by atoms with van der Waals surface area (Å²) in [5, 5.41) is 1.66. The Balaban J connectivity index is 2.46. The van der Waals surface area contributed by atoms with Crippen molar-refractivity contribution < 1.29 is 23.9 Å². The lowest BCUT2D eigenvalue weighted by molar-refractivity contribution is -0.174. The number of benzene rings is 2. The molecule has 32 heavy (non-hydrogen) atoms. The van der Waals surface area contributed by atoms with Crippen LogP contribution in [0.3, 0.4) is 0 Å². The molecule has 0 fully saturated rings. The first kappa shape index (κ1) is 25.5. The van der Waals surface area contributed by atoms with Gasteiger partial charge in [-0.1, -0.05) is 35.9 Å². The zero-order valence-electron chi connectivity index (χ0n) is 19.4. The molecule has 2 amide bonds. The molecule has 2 aromatic rings. The monoisotopic (exact) mass is 462 g/mol. The lowest BCUT2D eigenvalue weighted by Crippen LogP contribution is -2.51. The highest BCUT2D eigenvalue weighted by Gasteiger charge is 2.35. The first-order chi connectivity index (χ1) is 15.0. The summed E-state index contributed by atoms with van der Waals surface area (Å²) in [5.41, 5.74) is 0.899. The van der Waals surface area contributed by atoms with Crippen LogP contribution in [0, 0.1) is 0 Å². The van der Waals surface area contributed by atoms with Gasteiger partial charge in [-0.3, -0.25) is 14.5 Å². The van der Waals surface area contributed by atoms with E-state index in [0.29, 0.717) is 10.8 Å². The average molecular weight is 463 g/mol. The second kappa shape index (κ2) is 11.2. The van der Waals surface area contributed by atoms with Crippen molar-refractivity contribution in [2.75, 3.05) is 21.3 Å². The van der Waals surface area contributed by atoms with Crippen molar-refractivity contribution >= 4 is 23.6 Å². The largest absolute Gasteiger partial charge is 0.497 e. The third-order valence-electron chi connectivity index (χ3n) is 4.70. The second-order valence-corrected chi connectivity index (χ2v) is 8.76. The van der Waals surface area contributed by atoms with E-state index in [9.17, 15) is 9.59 Å². The van der Waals surface area contributed by atoms with Gasteiger partial charge in [-0.25, -0.2) is 9.86 Å². The van der Waals surface area contributed by atoms with E-state index in [1.54, 1.807) is 58.2 Å². The van der Waals surface area contributed by atoms with Crippen LogP contribution < -0.4 is 4.74 Å². The third-order valence-corrected chi connectivity index (χ3v) is 4.94. The molecule has 0 aromatic heterocycles. The Bertz CT molecular complexity index is 911. The maximum Gasteiger partial charge on any atom is 0.411 e. The summed E-state index contributed by atoms with van der Waals surface area (Å²) in [4.78, 5) is 33.1. The van der Waals surface area contributed by atoms with E-state index in [-0.39, 0.29) is 18.9 Å². The molecule has 0 N–H and O–H groups in total. The van der Waals surface area contributed by atoms with Gasteiger partial charge in [0.2, 0.25) is 0 Å². The summed E-state index contributed by atoms with van der Waals surface area (Å²) < 4.78 is 10.9. The van der Waals surface area contributed by atoms with Gasteiger partial charge in [-0.2, -0.15) is 0 Å². The van der Waals surface area contributed by atoms with Crippen LogP contribution in [0.4, 0.5) is 4.79 Å². The van der Waals surface area contributed by atoms with Crippen LogP contribution in [0.25, 0.3) is 0 Å². The van der Waals surface area contributed by atoms with Gasteiger partial charge in [0.25, 0.3) is 5.91 Å². The number of rotatable bonds is 8. The molecule has 0 saturated carbocycles. The van der Waals surface area contributed by atoms with Gasteiger partial charge >= 0.3 is 6.09 Å². The second-order valence-electron chi connectivity index (χ2n) is 8.32. The van der Waals surface area contributed by atoms with Gasteiger partial charge < -0.3 is 9.47 Å². The molecule has 0 bridgehead atoms. The molecule has 2 rings (SSSR count). The summed E-state index contributed by atoms with van der Waals surface area (Å²) in [7, 11) is 4.49. The van der Waals surface area contributed by atoms with Crippen LogP contribution in [0.5, 0.6) is 5.75 Å². The van der Waals surface area contributed by atoms with Gasteiger partial charge in [0.1, 0.15) is 17.4 Å². The van der Waals surface area contributed by atoms with Crippen molar-refractivity contribution in [2.45, 2.75) is 45.4 Å². The molecular formula is C24H31ClN2O5. The van der Waals surface area contributed by atoms with Gasteiger partial charge in [0, 0.05) is 25.0 Å². The number of likely N-dealkylation sites (N-methyl/N-ethyl adjacent to an activating group) is 1. The Labute approximate surface area is 194 Å². The van der Waals surface area contributed by atoms with Gasteiger partial charge in [-0.05, 0) is 56.2 Å². The van der Waals surface area contributed by atoms with E-state index < -0.39 is 17.7 Å². The Morgan fingerprint density at radius 1 is 1.03 bits per heavy atom. The highest BCUT2D eigenvalue weighted by molar-refractivity contribution is 6.30. The highest BCUT2D eigenvalue weighted by atomic mass is 35.5. The van der Waals surface area contributed by atoms with E-state index in [0.717, 1.165) is 16.2 Å². The maximum absolute atomic E-state index is 13.3. The summed E-state index contributed by atoms with van der Waals surface area (Å²) in [6.45, 7) is 5.51. The van der Waals surface area contributed by atoms with Crippen molar-refractivity contribution in [3.8, 4) is 5.75 Å². The maximum atomic E-state index is 13.3. The van der Waals surface area contributed by atoms with E-state index in [1.165, 1.54) is 19.1 Å². The van der Waals surface area contributed by atoms with Crippen molar-refractivity contribution in [1.29, 1.82) is 0 Å². The summed E-state index contributed by atoms with van der Waals surface area (Å²) in [6.07, 6.45) is -0.360. The van der Waals surface area contributed by atoms with Crippen LogP contribution in [0.15, 0.2) is 48.5 Å². The van der Waals surface area contributed by atoms with Crippen molar-refractivity contribution in [3.63, 3.8) is 0 Å². The molecule has 0 aliphatic carbocycles. The lowest BCUT2D eigenvalue weighted by Gasteiger charge is -2.34. The lowest BCUT2D eigenvalue weighted by atomic mass is 10.0. The minimum Gasteiger partial charge on any atom is -0.497 e. The summed E-state index contributed by atoms with van der Waals surface area (Å²) in [6, 6.07) is 13.6. The van der Waals surface area contributed by atoms with E-state index in [4.69, 9.17) is 25.9 Å². The molecule has 7 nitrogen and oxygen atoms in total. The molecule has 174 valence electrons. The SMILES string of the molecule is COc1ccc(CN(C(=O)OC(C)(C)C)[C@@H](Cc2cccc(Cl)c2)C(=O)N(C)OC)cc1. The van der Waals surface area contributed by atoms with Crippen LogP contribution >= 0.6 is 11.6 Å². The van der Waals surface area contributed by atoms with Crippen molar-refractivity contribution in [3.05, 3.63) is 64.7 Å². The van der Waals surface area contributed by atoms with Crippen molar-refractivity contribution in [1.82, 2.24) is 9.96 Å². The minimum absolute atomic E-state index is 0.160. The normalized spacial score (nSPS) is 12.1. The molecule has 1 atom stereocenters. The molecule has 0 aliphatic rings. The van der Waals surface area contributed by atoms with Gasteiger partial charge in [0.05, 0.1) is 14.2 Å². The number of hydrogen-bond donors (Lipinski definition) is 0. The molecule has 8 heteroatoms. The molecule has 0 radical (unpaired) electrons. The number of methoxy groups -OCH3 is 1.